The Morgan fingerprint density at radius 2 is 1.94 bits per heavy atom. The van der Waals surface area contributed by atoms with Crippen LogP contribution in [-0.4, -0.2) is 20.9 Å². The number of carboxylic acid groups (broad SMARTS) is 1. The average molecular weight is 238 g/mol. The van der Waals surface area contributed by atoms with Crippen LogP contribution in [0.15, 0.2) is 30.6 Å². The lowest BCUT2D eigenvalue weighted by Gasteiger charge is -2.02. The van der Waals surface area contributed by atoms with Crippen LogP contribution in [0.5, 0.6) is 0 Å². The van der Waals surface area contributed by atoms with Crippen LogP contribution in [0.1, 0.15) is 15.9 Å². The summed E-state index contributed by atoms with van der Waals surface area (Å²) in [5.74, 6) is -2.45. The second-order valence-electron chi connectivity index (χ2n) is 3.51. The molecule has 88 valence electrons. The number of halogens is 2. The van der Waals surface area contributed by atoms with Gasteiger partial charge in [-0.3, -0.25) is 4.68 Å². The van der Waals surface area contributed by atoms with Gasteiger partial charge in [0.25, 0.3) is 0 Å². The van der Waals surface area contributed by atoms with Crippen LogP contribution in [0.4, 0.5) is 8.78 Å². The summed E-state index contributed by atoms with van der Waals surface area (Å²) >= 11 is 0. The van der Waals surface area contributed by atoms with E-state index in [0.29, 0.717) is 5.56 Å². The molecule has 0 atom stereocenters. The van der Waals surface area contributed by atoms with Crippen molar-refractivity contribution in [1.82, 2.24) is 9.78 Å². The van der Waals surface area contributed by atoms with Crippen molar-refractivity contribution in [2.75, 3.05) is 0 Å². The van der Waals surface area contributed by atoms with E-state index in [0.717, 1.165) is 6.07 Å². The van der Waals surface area contributed by atoms with Crippen LogP contribution < -0.4 is 0 Å². The highest BCUT2D eigenvalue weighted by molar-refractivity contribution is 5.86. The minimum atomic E-state index is -1.10. The third-order valence-corrected chi connectivity index (χ3v) is 2.15. The van der Waals surface area contributed by atoms with Crippen LogP contribution in [0.3, 0.4) is 0 Å². The summed E-state index contributed by atoms with van der Waals surface area (Å²) in [4.78, 5) is 10.6. The predicted molar refractivity (Wildman–Crippen MR) is 54.6 cm³/mol. The Balaban J connectivity index is 2.22. The van der Waals surface area contributed by atoms with Crippen molar-refractivity contribution in [2.24, 2.45) is 0 Å². The van der Waals surface area contributed by atoms with Crippen molar-refractivity contribution >= 4 is 5.97 Å². The highest BCUT2D eigenvalue weighted by atomic mass is 19.1. The smallest absolute Gasteiger partial charge is 0.338 e. The van der Waals surface area contributed by atoms with Crippen molar-refractivity contribution in [3.05, 3.63) is 53.4 Å². The van der Waals surface area contributed by atoms with Gasteiger partial charge in [-0.25, -0.2) is 13.6 Å². The van der Waals surface area contributed by atoms with Crippen molar-refractivity contribution in [2.45, 2.75) is 6.54 Å². The van der Waals surface area contributed by atoms with Crippen molar-refractivity contribution in [1.29, 1.82) is 0 Å². The predicted octanol–water partition coefficient (Wildman–Crippen LogP) is 1.91. The van der Waals surface area contributed by atoms with Gasteiger partial charge in [0.05, 0.1) is 18.3 Å². The number of hydrogen-bond donors (Lipinski definition) is 1. The fourth-order valence-electron chi connectivity index (χ4n) is 1.45. The molecule has 0 aliphatic rings. The second-order valence-corrected chi connectivity index (χ2v) is 3.51. The Morgan fingerprint density at radius 3 is 2.47 bits per heavy atom. The summed E-state index contributed by atoms with van der Waals surface area (Å²) < 4.78 is 27.1. The maximum absolute atomic E-state index is 12.9. The van der Waals surface area contributed by atoms with E-state index in [4.69, 9.17) is 5.11 Å². The maximum atomic E-state index is 12.9. The van der Waals surface area contributed by atoms with Crippen LogP contribution in [-0.2, 0) is 6.54 Å². The number of rotatable bonds is 3. The largest absolute Gasteiger partial charge is 0.478 e. The Kier molecular flexibility index (Phi) is 2.86. The lowest BCUT2D eigenvalue weighted by atomic mass is 10.2. The third-order valence-electron chi connectivity index (χ3n) is 2.15. The first-order chi connectivity index (χ1) is 8.04. The molecule has 0 radical (unpaired) electrons. The Labute approximate surface area is 95.1 Å². The number of carbonyl (C=O) groups is 1. The topological polar surface area (TPSA) is 55.1 Å². The van der Waals surface area contributed by atoms with Gasteiger partial charge < -0.3 is 5.11 Å². The van der Waals surface area contributed by atoms with Crippen LogP contribution >= 0.6 is 0 Å². The number of aromatic nitrogens is 2. The number of nitrogens with zero attached hydrogens (tertiary/aromatic N) is 2. The summed E-state index contributed by atoms with van der Waals surface area (Å²) in [6.07, 6.45) is 2.48. The van der Waals surface area contributed by atoms with Gasteiger partial charge in [-0.1, -0.05) is 0 Å². The van der Waals surface area contributed by atoms with Gasteiger partial charge in [-0.05, 0) is 17.7 Å². The molecule has 0 aliphatic carbocycles. The summed E-state index contributed by atoms with van der Waals surface area (Å²) in [6, 6.07) is 3.12. The van der Waals surface area contributed by atoms with E-state index < -0.39 is 17.6 Å². The van der Waals surface area contributed by atoms with Crippen molar-refractivity contribution in [3.63, 3.8) is 0 Å². The molecule has 17 heavy (non-hydrogen) atoms. The van der Waals surface area contributed by atoms with E-state index in [-0.39, 0.29) is 12.1 Å². The zero-order valence-corrected chi connectivity index (χ0v) is 8.60. The summed E-state index contributed by atoms with van der Waals surface area (Å²) in [5.41, 5.74) is 0.407. The van der Waals surface area contributed by atoms with Crippen LogP contribution in [0.25, 0.3) is 0 Å². The van der Waals surface area contributed by atoms with Crippen molar-refractivity contribution in [3.8, 4) is 0 Å². The standard InChI is InChI=1S/C11H8F2N2O2/c12-9-1-7(2-10(13)3-9)5-15-6-8(4-14-15)11(16)17/h1-4,6H,5H2,(H,16,17). The fraction of sp³-hybridized carbons (Fsp3) is 0.0909. The number of benzene rings is 1. The molecule has 0 spiro atoms. The van der Waals surface area contributed by atoms with Gasteiger partial charge in [-0.15, -0.1) is 0 Å². The van der Waals surface area contributed by atoms with Gasteiger partial charge in [0, 0.05) is 12.3 Å². The zero-order chi connectivity index (χ0) is 12.4. The summed E-state index contributed by atoms with van der Waals surface area (Å²) in [5, 5.41) is 12.5. The fourth-order valence-corrected chi connectivity index (χ4v) is 1.45. The minimum absolute atomic E-state index is 0.0295. The maximum Gasteiger partial charge on any atom is 0.338 e. The molecular formula is C11H8F2N2O2. The quantitative estimate of drug-likeness (QED) is 0.888. The lowest BCUT2D eigenvalue weighted by Crippen LogP contribution is -2.01. The number of aromatic carboxylic acids is 1. The van der Waals surface area contributed by atoms with Crippen molar-refractivity contribution < 1.29 is 18.7 Å². The molecular weight excluding hydrogens is 230 g/mol. The van der Waals surface area contributed by atoms with E-state index in [1.54, 1.807) is 0 Å². The first-order valence-corrected chi connectivity index (χ1v) is 4.75. The van der Waals surface area contributed by atoms with E-state index in [2.05, 4.69) is 5.10 Å². The van der Waals surface area contributed by atoms with Crippen LogP contribution in [0.2, 0.25) is 0 Å². The van der Waals surface area contributed by atoms with Gasteiger partial charge in [-0.2, -0.15) is 5.10 Å². The normalized spacial score (nSPS) is 10.5. The summed E-state index contributed by atoms with van der Waals surface area (Å²) in [7, 11) is 0. The molecule has 0 fully saturated rings. The zero-order valence-electron chi connectivity index (χ0n) is 8.60. The molecule has 0 unspecified atom stereocenters. The molecule has 0 aliphatic heterocycles. The highest BCUT2D eigenvalue weighted by Crippen LogP contribution is 2.09. The monoisotopic (exact) mass is 238 g/mol. The lowest BCUT2D eigenvalue weighted by molar-refractivity contribution is 0.0697. The highest BCUT2D eigenvalue weighted by Gasteiger charge is 2.07. The molecule has 2 rings (SSSR count). The second kappa shape index (κ2) is 4.32. The van der Waals surface area contributed by atoms with E-state index in [9.17, 15) is 13.6 Å². The Bertz CT molecular complexity index is 546. The molecule has 1 aromatic carbocycles. The first kappa shape index (κ1) is 11.3. The SMILES string of the molecule is O=C(O)c1cnn(Cc2cc(F)cc(F)c2)c1. The molecule has 1 aromatic heterocycles. The van der Waals surface area contributed by atoms with Gasteiger partial charge in [0.1, 0.15) is 11.6 Å². The number of carboxylic acids is 1. The molecule has 0 saturated heterocycles. The number of hydrogen-bond acceptors (Lipinski definition) is 2. The molecule has 1 heterocycles. The molecule has 1 N–H and O–H groups in total. The molecule has 6 heteroatoms. The first-order valence-electron chi connectivity index (χ1n) is 4.75. The third kappa shape index (κ3) is 2.66. The van der Waals surface area contributed by atoms with Gasteiger partial charge >= 0.3 is 5.97 Å². The van der Waals surface area contributed by atoms with E-state index >= 15 is 0 Å². The van der Waals surface area contributed by atoms with E-state index in [1.807, 2.05) is 0 Å². The Hall–Kier alpha value is -2.24. The minimum Gasteiger partial charge on any atom is -0.478 e. The molecule has 0 saturated carbocycles. The van der Waals surface area contributed by atoms with Gasteiger partial charge in [0.15, 0.2) is 0 Å². The van der Waals surface area contributed by atoms with E-state index in [1.165, 1.54) is 29.2 Å². The van der Waals surface area contributed by atoms with Gasteiger partial charge in [0.2, 0.25) is 0 Å². The molecule has 0 bridgehead atoms. The molecule has 4 nitrogen and oxygen atoms in total. The average Bonchev–Trinajstić information content (AvgIpc) is 2.64. The molecule has 2 aromatic rings. The summed E-state index contributed by atoms with van der Waals surface area (Å²) in [6.45, 7) is 0.113. The Morgan fingerprint density at radius 1 is 1.29 bits per heavy atom. The molecule has 0 amide bonds. The van der Waals surface area contributed by atoms with Crippen LogP contribution in [0, 0.1) is 11.6 Å².